The molecule has 0 unspecified atom stereocenters. The average molecular weight is 240 g/mol. The summed E-state index contributed by atoms with van der Waals surface area (Å²) >= 11 is 0. The van der Waals surface area contributed by atoms with Gasteiger partial charge in [-0.1, -0.05) is 0 Å². The Morgan fingerprint density at radius 1 is 1.12 bits per heavy atom. The number of halogens is 3. The van der Waals surface area contributed by atoms with Crippen LogP contribution in [0.25, 0.3) is 0 Å². The van der Waals surface area contributed by atoms with Gasteiger partial charge in [0.05, 0.1) is 11.8 Å². The van der Waals surface area contributed by atoms with E-state index in [1.54, 1.807) is 6.92 Å². The number of hydrogen-bond donors (Lipinski definition) is 0. The number of benzene rings is 1. The number of hydrogen-bond acceptors (Lipinski definition) is 2. The summed E-state index contributed by atoms with van der Waals surface area (Å²) in [5.74, 6) is -4.64. The molecule has 2 nitrogen and oxygen atoms in total. The minimum atomic E-state index is -1.34. The Bertz CT molecular complexity index is 587. The highest BCUT2D eigenvalue weighted by atomic mass is 19.2. The van der Waals surface area contributed by atoms with Crippen molar-refractivity contribution < 1.29 is 22.4 Å². The monoisotopic (exact) mass is 240 g/mol. The van der Waals surface area contributed by atoms with Crippen LogP contribution in [-0.2, 0) is 0 Å². The Morgan fingerprint density at radius 3 is 2.35 bits per heavy atom. The van der Waals surface area contributed by atoms with Crippen LogP contribution in [0.2, 0.25) is 0 Å². The molecule has 0 aliphatic rings. The molecule has 5 heteroatoms. The fourth-order valence-electron chi connectivity index (χ4n) is 1.42. The molecule has 0 radical (unpaired) electrons. The zero-order valence-corrected chi connectivity index (χ0v) is 8.76. The lowest BCUT2D eigenvalue weighted by Crippen LogP contribution is -2.06. The molecule has 0 spiro atoms. The van der Waals surface area contributed by atoms with Crippen molar-refractivity contribution in [3.63, 3.8) is 0 Å². The van der Waals surface area contributed by atoms with E-state index in [1.165, 1.54) is 12.3 Å². The Hall–Kier alpha value is -2.04. The number of rotatable bonds is 2. The Morgan fingerprint density at radius 2 is 1.76 bits per heavy atom. The van der Waals surface area contributed by atoms with Crippen molar-refractivity contribution in [2.24, 2.45) is 0 Å². The highest BCUT2D eigenvalue weighted by molar-refractivity contribution is 6.08. The van der Waals surface area contributed by atoms with Crippen molar-refractivity contribution in [1.29, 1.82) is 0 Å². The summed E-state index contributed by atoms with van der Waals surface area (Å²) in [5.41, 5.74) is -0.0546. The van der Waals surface area contributed by atoms with Gasteiger partial charge in [-0.3, -0.25) is 4.79 Å². The fourth-order valence-corrected chi connectivity index (χ4v) is 1.42. The third-order valence-electron chi connectivity index (χ3n) is 2.32. The molecule has 1 aromatic carbocycles. The van der Waals surface area contributed by atoms with Gasteiger partial charge in [-0.05, 0) is 24.6 Å². The maximum Gasteiger partial charge on any atom is 0.231 e. The van der Waals surface area contributed by atoms with Crippen LogP contribution in [0.3, 0.4) is 0 Å². The number of ketones is 1. The average Bonchev–Trinajstić information content (AvgIpc) is 2.69. The molecule has 0 saturated heterocycles. The van der Waals surface area contributed by atoms with E-state index >= 15 is 0 Å². The molecule has 17 heavy (non-hydrogen) atoms. The fraction of sp³-hybridized carbons (Fsp3) is 0.0833. The summed E-state index contributed by atoms with van der Waals surface area (Å²) < 4.78 is 43.8. The molecule has 0 aliphatic heterocycles. The Labute approximate surface area is 94.7 Å². The maximum absolute atomic E-state index is 13.3. The van der Waals surface area contributed by atoms with Crippen molar-refractivity contribution >= 4 is 5.78 Å². The first-order chi connectivity index (χ1) is 8.00. The Balaban J connectivity index is 2.52. The van der Waals surface area contributed by atoms with Gasteiger partial charge in [0.2, 0.25) is 5.78 Å². The molecule has 0 saturated carbocycles. The van der Waals surface area contributed by atoms with E-state index < -0.39 is 28.8 Å². The van der Waals surface area contributed by atoms with Crippen LogP contribution in [0, 0.1) is 24.4 Å². The third-order valence-corrected chi connectivity index (χ3v) is 2.32. The van der Waals surface area contributed by atoms with E-state index in [-0.39, 0.29) is 5.76 Å². The lowest BCUT2D eigenvalue weighted by atomic mass is 10.1. The predicted molar refractivity (Wildman–Crippen MR) is 53.2 cm³/mol. The number of aryl methyl sites for hydroxylation is 1. The predicted octanol–water partition coefficient (Wildman–Crippen LogP) is 3.24. The zero-order valence-electron chi connectivity index (χ0n) is 8.76. The second kappa shape index (κ2) is 4.08. The highest BCUT2D eigenvalue weighted by Gasteiger charge is 2.21. The normalized spacial score (nSPS) is 10.6. The first-order valence-electron chi connectivity index (χ1n) is 4.74. The highest BCUT2D eigenvalue weighted by Crippen LogP contribution is 2.19. The summed E-state index contributed by atoms with van der Waals surface area (Å²) in [6, 6.07) is 2.38. The first kappa shape index (κ1) is 11.4. The van der Waals surface area contributed by atoms with Crippen molar-refractivity contribution in [2.75, 3.05) is 0 Å². The summed E-state index contributed by atoms with van der Waals surface area (Å²) in [7, 11) is 0. The largest absolute Gasteiger partial charge is 0.461 e. The smallest absolute Gasteiger partial charge is 0.231 e. The van der Waals surface area contributed by atoms with Crippen LogP contribution in [0.15, 0.2) is 28.9 Å². The Kier molecular flexibility index (Phi) is 2.75. The van der Waals surface area contributed by atoms with Gasteiger partial charge in [-0.25, -0.2) is 13.2 Å². The molecule has 0 N–H and O–H groups in total. The molecule has 0 atom stereocenters. The van der Waals surface area contributed by atoms with Crippen molar-refractivity contribution in [2.45, 2.75) is 6.92 Å². The summed E-state index contributed by atoms with van der Waals surface area (Å²) in [6.45, 7) is 1.59. The van der Waals surface area contributed by atoms with Crippen LogP contribution in [0.4, 0.5) is 13.2 Å². The van der Waals surface area contributed by atoms with E-state index in [9.17, 15) is 18.0 Å². The molecule has 2 rings (SSSR count). The van der Waals surface area contributed by atoms with Crippen LogP contribution < -0.4 is 0 Å². The second-order valence-electron chi connectivity index (χ2n) is 3.51. The molecule has 0 aliphatic carbocycles. The molecule has 0 amide bonds. The molecule has 0 fully saturated rings. The summed E-state index contributed by atoms with van der Waals surface area (Å²) in [6.07, 6.45) is 1.26. The van der Waals surface area contributed by atoms with E-state index in [0.29, 0.717) is 17.7 Å². The van der Waals surface area contributed by atoms with Gasteiger partial charge in [-0.2, -0.15) is 0 Å². The van der Waals surface area contributed by atoms with Crippen molar-refractivity contribution in [1.82, 2.24) is 0 Å². The van der Waals surface area contributed by atoms with Gasteiger partial charge >= 0.3 is 0 Å². The lowest BCUT2D eigenvalue weighted by molar-refractivity contribution is 0.100. The van der Waals surface area contributed by atoms with E-state index in [4.69, 9.17) is 4.42 Å². The SMILES string of the molecule is Cc1ccoc1C(=O)c1cc(F)c(F)cc1F. The first-order valence-corrected chi connectivity index (χ1v) is 4.74. The van der Waals surface area contributed by atoms with Crippen LogP contribution in [0.1, 0.15) is 21.7 Å². The topological polar surface area (TPSA) is 30.2 Å². The van der Waals surface area contributed by atoms with Gasteiger partial charge in [-0.15, -0.1) is 0 Å². The summed E-state index contributed by atoms with van der Waals surface area (Å²) in [4.78, 5) is 11.8. The molecular weight excluding hydrogens is 233 g/mol. The van der Waals surface area contributed by atoms with E-state index in [1.807, 2.05) is 0 Å². The number of carbonyl (C=O) groups excluding carboxylic acids is 1. The van der Waals surface area contributed by atoms with Gasteiger partial charge in [0.15, 0.2) is 17.4 Å². The molecule has 1 heterocycles. The zero-order chi connectivity index (χ0) is 12.6. The standard InChI is InChI=1S/C12H7F3O2/c1-6-2-3-17-12(6)11(16)7-4-9(14)10(15)5-8(7)13/h2-5H,1H3. The molecular formula is C12H7F3O2. The van der Waals surface area contributed by atoms with Crippen LogP contribution in [0.5, 0.6) is 0 Å². The number of carbonyl (C=O) groups is 1. The molecule has 0 bridgehead atoms. The van der Waals surface area contributed by atoms with E-state index in [2.05, 4.69) is 0 Å². The lowest BCUT2D eigenvalue weighted by Gasteiger charge is -2.02. The third kappa shape index (κ3) is 1.95. The minimum absolute atomic E-state index is 0.0880. The molecule has 2 aromatic rings. The second-order valence-corrected chi connectivity index (χ2v) is 3.51. The van der Waals surface area contributed by atoms with Crippen molar-refractivity contribution in [3.05, 3.63) is 58.8 Å². The van der Waals surface area contributed by atoms with Gasteiger partial charge in [0.1, 0.15) is 5.82 Å². The van der Waals surface area contributed by atoms with Gasteiger partial charge < -0.3 is 4.42 Å². The maximum atomic E-state index is 13.3. The quantitative estimate of drug-likeness (QED) is 0.595. The molecule has 1 aromatic heterocycles. The summed E-state index contributed by atoms with van der Waals surface area (Å²) in [5, 5.41) is 0. The number of furan rings is 1. The van der Waals surface area contributed by atoms with Gasteiger partial charge in [0.25, 0.3) is 0 Å². The van der Waals surface area contributed by atoms with Crippen LogP contribution >= 0.6 is 0 Å². The molecule has 88 valence electrons. The van der Waals surface area contributed by atoms with Crippen molar-refractivity contribution in [3.8, 4) is 0 Å². The van der Waals surface area contributed by atoms with Crippen LogP contribution in [-0.4, -0.2) is 5.78 Å². The van der Waals surface area contributed by atoms with E-state index in [0.717, 1.165) is 0 Å². The van der Waals surface area contributed by atoms with Gasteiger partial charge in [0, 0.05) is 6.07 Å². The minimum Gasteiger partial charge on any atom is -0.461 e.